The topological polar surface area (TPSA) is 26.3 Å². The van der Waals surface area contributed by atoms with Crippen LogP contribution in [0.15, 0.2) is 12.8 Å². The first-order valence-electron chi connectivity index (χ1n) is 4.62. The zero-order valence-electron chi connectivity index (χ0n) is 7.16. The Morgan fingerprint density at radius 3 is 2.75 bits per heavy atom. The van der Waals surface area contributed by atoms with Crippen LogP contribution in [0.2, 0.25) is 0 Å². The van der Waals surface area contributed by atoms with Crippen molar-refractivity contribution in [3.8, 4) is 0 Å². The molecule has 2 bridgehead atoms. The number of hydrogen-bond donors (Lipinski definition) is 0. The molecule has 0 aromatic heterocycles. The molecule has 3 atom stereocenters. The maximum Gasteiger partial charge on any atom is 0.314 e. The summed E-state index contributed by atoms with van der Waals surface area (Å²) in [5.74, 6) is 1.54. The maximum atomic E-state index is 11.3. The second kappa shape index (κ2) is 2.92. The van der Waals surface area contributed by atoms with Gasteiger partial charge in [-0.05, 0) is 31.1 Å². The number of fused-ring (bicyclic) bond motifs is 2. The van der Waals surface area contributed by atoms with E-state index in [0.29, 0.717) is 5.92 Å². The molecule has 2 aliphatic rings. The number of carbonyl (C=O) groups excluding carboxylic acids is 1. The fourth-order valence-electron chi connectivity index (χ4n) is 2.70. The Morgan fingerprint density at radius 2 is 2.25 bits per heavy atom. The quantitative estimate of drug-likeness (QED) is 0.464. The predicted molar refractivity (Wildman–Crippen MR) is 45.2 cm³/mol. The second-order valence-electron chi connectivity index (χ2n) is 3.88. The SMILES string of the molecule is C=COC(=O)[C@H]1C[C@@H]2CC[C@H]1C2. The van der Waals surface area contributed by atoms with Gasteiger partial charge >= 0.3 is 5.97 Å². The summed E-state index contributed by atoms with van der Waals surface area (Å²) in [6.07, 6.45) is 6.09. The predicted octanol–water partition coefficient (Wildman–Crippen LogP) is 2.11. The van der Waals surface area contributed by atoms with Crippen LogP contribution >= 0.6 is 0 Å². The fourth-order valence-corrected chi connectivity index (χ4v) is 2.70. The summed E-state index contributed by atoms with van der Waals surface area (Å²) in [5.41, 5.74) is 0. The van der Waals surface area contributed by atoms with Gasteiger partial charge in [-0.2, -0.15) is 0 Å². The van der Waals surface area contributed by atoms with E-state index in [4.69, 9.17) is 4.74 Å². The van der Waals surface area contributed by atoms with E-state index in [1.165, 1.54) is 25.5 Å². The summed E-state index contributed by atoms with van der Waals surface area (Å²) < 4.78 is 4.80. The molecule has 2 saturated carbocycles. The van der Waals surface area contributed by atoms with Gasteiger partial charge in [0.1, 0.15) is 0 Å². The van der Waals surface area contributed by atoms with Crippen molar-refractivity contribution in [2.75, 3.05) is 0 Å². The largest absolute Gasteiger partial charge is 0.435 e. The van der Waals surface area contributed by atoms with E-state index in [1.54, 1.807) is 0 Å². The van der Waals surface area contributed by atoms with Crippen molar-refractivity contribution in [1.29, 1.82) is 0 Å². The first-order chi connectivity index (χ1) is 5.81. The Kier molecular flexibility index (Phi) is 1.91. The van der Waals surface area contributed by atoms with Crippen LogP contribution < -0.4 is 0 Å². The fraction of sp³-hybridized carbons (Fsp3) is 0.700. The van der Waals surface area contributed by atoms with Crippen molar-refractivity contribution in [2.45, 2.75) is 25.7 Å². The average Bonchev–Trinajstić information content (AvgIpc) is 2.64. The molecule has 0 unspecified atom stereocenters. The molecule has 0 radical (unpaired) electrons. The highest BCUT2D eigenvalue weighted by molar-refractivity contribution is 5.74. The lowest BCUT2D eigenvalue weighted by Gasteiger charge is -2.18. The van der Waals surface area contributed by atoms with Gasteiger partial charge in [0.2, 0.25) is 0 Å². The third-order valence-electron chi connectivity index (χ3n) is 3.24. The molecule has 2 aliphatic carbocycles. The molecule has 0 aromatic rings. The number of ether oxygens (including phenoxy) is 1. The lowest BCUT2D eigenvalue weighted by molar-refractivity contribution is -0.144. The average molecular weight is 166 g/mol. The number of rotatable bonds is 2. The summed E-state index contributed by atoms with van der Waals surface area (Å²) in [6, 6.07) is 0. The molecule has 0 amide bonds. The Labute approximate surface area is 72.6 Å². The Balaban J connectivity index is 1.97. The molecule has 2 rings (SSSR count). The van der Waals surface area contributed by atoms with E-state index < -0.39 is 0 Å². The van der Waals surface area contributed by atoms with Crippen molar-refractivity contribution in [1.82, 2.24) is 0 Å². The molecule has 2 nitrogen and oxygen atoms in total. The molecule has 2 heteroatoms. The summed E-state index contributed by atoms with van der Waals surface area (Å²) in [6.45, 7) is 3.39. The molecule has 0 saturated heterocycles. The molecule has 0 aliphatic heterocycles. The normalized spacial score (nSPS) is 38.2. The Morgan fingerprint density at radius 1 is 1.42 bits per heavy atom. The third-order valence-corrected chi connectivity index (χ3v) is 3.24. The van der Waals surface area contributed by atoms with Gasteiger partial charge in [0.05, 0.1) is 12.2 Å². The van der Waals surface area contributed by atoms with Gasteiger partial charge in [-0.1, -0.05) is 13.0 Å². The minimum atomic E-state index is -0.0581. The van der Waals surface area contributed by atoms with Gasteiger partial charge in [-0.15, -0.1) is 0 Å². The van der Waals surface area contributed by atoms with Crippen LogP contribution in [0, 0.1) is 17.8 Å². The van der Waals surface area contributed by atoms with E-state index in [-0.39, 0.29) is 11.9 Å². The molecule has 0 N–H and O–H groups in total. The molecular formula is C10H14O2. The van der Waals surface area contributed by atoms with E-state index in [2.05, 4.69) is 6.58 Å². The molecular weight excluding hydrogens is 152 g/mol. The lowest BCUT2D eigenvalue weighted by atomic mass is 9.89. The van der Waals surface area contributed by atoms with Gasteiger partial charge in [0, 0.05) is 0 Å². The maximum absolute atomic E-state index is 11.3. The first-order valence-corrected chi connectivity index (χ1v) is 4.62. The van der Waals surface area contributed by atoms with Crippen LogP contribution in [0.4, 0.5) is 0 Å². The van der Waals surface area contributed by atoms with Crippen LogP contribution in [0.25, 0.3) is 0 Å². The van der Waals surface area contributed by atoms with Gasteiger partial charge in [-0.25, -0.2) is 0 Å². The molecule has 66 valence electrons. The molecule has 2 fully saturated rings. The second-order valence-corrected chi connectivity index (χ2v) is 3.88. The molecule has 12 heavy (non-hydrogen) atoms. The van der Waals surface area contributed by atoms with E-state index >= 15 is 0 Å². The van der Waals surface area contributed by atoms with E-state index in [9.17, 15) is 4.79 Å². The lowest BCUT2D eigenvalue weighted by Crippen LogP contribution is -2.21. The number of hydrogen-bond acceptors (Lipinski definition) is 2. The Hall–Kier alpha value is -0.790. The van der Waals surface area contributed by atoms with Gasteiger partial charge in [-0.3, -0.25) is 4.79 Å². The summed E-state index contributed by atoms with van der Waals surface area (Å²) in [5, 5.41) is 0. The minimum Gasteiger partial charge on any atom is -0.435 e. The zero-order chi connectivity index (χ0) is 8.55. The Bertz CT molecular complexity index is 210. The number of carbonyl (C=O) groups is 1. The zero-order valence-corrected chi connectivity index (χ0v) is 7.16. The summed E-state index contributed by atoms with van der Waals surface area (Å²) in [7, 11) is 0. The smallest absolute Gasteiger partial charge is 0.314 e. The van der Waals surface area contributed by atoms with Gasteiger partial charge in [0.15, 0.2) is 0 Å². The minimum absolute atomic E-state index is 0.0581. The highest BCUT2D eigenvalue weighted by atomic mass is 16.5. The van der Waals surface area contributed by atoms with Gasteiger partial charge < -0.3 is 4.74 Å². The number of esters is 1. The van der Waals surface area contributed by atoms with Crippen molar-refractivity contribution >= 4 is 5.97 Å². The van der Waals surface area contributed by atoms with Crippen LogP contribution in [0.1, 0.15) is 25.7 Å². The standard InChI is InChI=1S/C10H14O2/c1-2-12-10(11)9-6-7-3-4-8(9)5-7/h2,7-9H,1,3-6H2/t7-,8+,9+/m1/s1. The van der Waals surface area contributed by atoms with E-state index in [0.717, 1.165) is 12.3 Å². The van der Waals surface area contributed by atoms with Crippen molar-refractivity contribution < 1.29 is 9.53 Å². The van der Waals surface area contributed by atoms with E-state index in [1.807, 2.05) is 0 Å². The van der Waals surface area contributed by atoms with Crippen molar-refractivity contribution in [3.63, 3.8) is 0 Å². The van der Waals surface area contributed by atoms with Crippen LogP contribution in [0.5, 0.6) is 0 Å². The molecule has 0 heterocycles. The highest BCUT2D eigenvalue weighted by Gasteiger charge is 2.43. The van der Waals surface area contributed by atoms with Crippen LogP contribution in [-0.4, -0.2) is 5.97 Å². The van der Waals surface area contributed by atoms with Crippen molar-refractivity contribution in [2.24, 2.45) is 17.8 Å². The first kappa shape index (κ1) is 7.84. The molecule has 0 aromatic carbocycles. The third kappa shape index (κ3) is 1.15. The highest BCUT2D eigenvalue weighted by Crippen LogP contribution is 2.48. The van der Waals surface area contributed by atoms with Gasteiger partial charge in [0.25, 0.3) is 0 Å². The van der Waals surface area contributed by atoms with Crippen LogP contribution in [-0.2, 0) is 9.53 Å². The van der Waals surface area contributed by atoms with Crippen LogP contribution in [0.3, 0.4) is 0 Å². The monoisotopic (exact) mass is 166 g/mol. The van der Waals surface area contributed by atoms with Crippen molar-refractivity contribution in [3.05, 3.63) is 12.8 Å². The summed E-state index contributed by atoms with van der Waals surface area (Å²) >= 11 is 0. The molecule has 0 spiro atoms. The summed E-state index contributed by atoms with van der Waals surface area (Å²) in [4.78, 5) is 11.3.